The van der Waals surface area contributed by atoms with Gasteiger partial charge in [-0.05, 0) is 31.0 Å². The lowest BCUT2D eigenvalue weighted by molar-refractivity contribution is -0.645. The number of pyridine rings is 1. The lowest BCUT2D eigenvalue weighted by atomic mass is 10.1. The Balaban J connectivity index is 2.12. The summed E-state index contributed by atoms with van der Waals surface area (Å²) in [6.07, 6.45) is 1.53. The average molecular weight is 245 g/mol. The number of thioether (sulfide) groups is 1. The van der Waals surface area contributed by atoms with Crippen LogP contribution in [0.5, 0.6) is 0 Å². The Morgan fingerprint density at radius 3 is 2.76 bits per heavy atom. The van der Waals surface area contributed by atoms with Crippen molar-refractivity contribution in [2.75, 3.05) is 0 Å². The molecule has 17 heavy (non-hydrogen) atoms. The van der Waals surface area contributed by atoms with Gasteiger partial charge in [0.2, 0.25) is 0 Å². The van der Waals surface area contributed by atoms with Gasteiger partial charge in [0.05, 0.1) is 0 Å². The van der Waals surface area contributed by atoms with Crippen LogP contribution in [0.3, 0.4) is 0 Å². The standard InChI is InChI=1S/C14H15NOS/c1-11-6-7-12(2)13(9-11)10-17-14-5-3-4-8-15(14)16/h3-9H,10H2,1-2H3. The molecule has 1 heterocycles. The van der Waals surface area contributed by atoms with Gasteiger partial charge < -0.3 is 5.21 Å². The number of aromatic nitrogens is 1. The van der Waals surface area contributed by atoms with Crippen LogP contribution in [-0.4, -0.2) is 0 Å². The van der Waals surface area contributed by atoms with Crippen LogP contribution in [-0.2, 0) is 5.75 Å². The van der Waals surface area contributed by atoms with Crippen LogP contribution in [0, 0.1) is 19.1 Å². The fourth-order valence-corrected chi connectivity index (χ4v) is 2.61. The highest BCUT2D eigenvalue weighted by Crippen LogP contribution is 2.22. The zero-order valence-electron chi connectivity index (χ0n) is 10.0. The number of benzene rings is 1. The van der Waals surface area contributed by atoms with Gasteiger partial charge in [0, 0.05) is 17.9 Å². The van der Waals surface area contributed by atoms with E-state index in [0.717, 1.165) is 15.5 Å². The van der Waals surface area contributed by atoms with Crippen molar-refractivity contribution in [3.63, 3.8) is 0 Å². The van der Waals surface area contributed by atoms with E-state index >= 15 is 0 Å². The van der Waals surface area contributed by atoms with Gasteiger partial charge in [0.15, 0.2) is 6.20 Å². The third kappa shape index (κ3) is 3.01. The van der Waals surface area contributed by atoms with E-state index < -0.39 is 0 Å². The number of aryl methyl sites for hydroxylation is 2. The summed E-state index contributed by atoms with van der Waals surface area (Å²) in [6, 6.07) is 11.9. The summed E-state index contributed by atoms with van der Waals surface area (Å²) in [5.74, 6) is 0.833. The van der Waals surface area contributed by atoms with Crippen molar-refractivity contribution in [3.05, 3.63) is 64.5 Å². The molecule has 3 heteroatoms. The maximum absolute atomic E-state index is 11.5. The molecule has 0 aliphatic rings. The molecule has 2 nitrogen and oxygen atoms in total. The molecule has 0 fully saturated rings. The third-order valence-electron chi connectivity index (χ3n) is 2.67. The molecule has 0 radical (unpaired) electrons. The van der Waals surface area contributed by atoms with Crippen molar-refractivity contribution >= 4 is 11.8 Å². The zero-order valence-corrected chi connectivity index (χ0v) is 10.8. The van der Waals surface area contributed by atoms with E-state index in [1.807, 2.05) is 12.1 Å². The van der Waals surface area contributed by atoms with Crippen molar-refractivity contribution in [1.82, 2.24) is 0 Å². The summed E-state index contributed by atoms with van der Waals surface area (Å²) in [5.41, 5.74) is 3.82. The van der Waals surface area contributed by atoms with E-state index in [0.29, 0.717) is 0 Å². The molecular weight excluding hydrogens is 230 g/mol. The molecule has 1 aromatic heterocycles. The monoisotopic (exact) mass is 245 g/mol. The Bertz CT molecular complexity index is 525. The van der Waals surface area contributed by atoms with Crippen LogP contribution in [0.4, 0.5) is 0 Å². The Kier molecular flexibility index (Phi) is 3.69. The molecule has 2 aromatic rings. The second kappa shape index (κ2) is 5.23. The summed E-state index contributed by atoms with van der Waals surface area (Å²) in [7, 11) is 0. The molecule has 88 valence electrons. The average Bonchev–Trinajstić information content (AvgIpc) is 2.32. The smallest absolute Gasteiger partial charge is 0.251 e. The van der Waals surface area contributed by atoms with Gasteiger partial charge in [-0.15, -0.1) is 0 Å². The second-order valence-electron chi connectivity index (χ2n) is 4.08. The SMILES string of the molecule is Cc1ccc(C)c(CSc2cccc[n+]2[O-])c1. The first-order valence-electron chi connectivity index (χ1n) is 5.54. The third-order valence-corrected chi connectivity index (χ3v) is 3.74. The Morgan fingerprint density at radius 2 is 2.00 bits per heavy atom. The van der Waals surface area contributed by atoms with Crippen molar-refractivity contribution < 1.29 is 4.73 Å². The molecule has 0 aliphatic heterocycles. The minimum atomic E-state index is 0.744. The lowest BCUT2D eigenvalue weighted by Crippen LogP contribution is -2.27. The Hall–Kier alpha value is -1.48. The highest BCUT2D eigenvalue weighted by Gasteiger charge is 2.06. The van der Waals surface area contributed by atoms with E-state index in [1.165, 1.54) is 22.9 Å². The Morgan fingerprint density at radius 1 is 1.18 bits per heavy atom. The van der Waals surface area contributed by atoms with Crippen molar-refractivity contribution in [2.24, 2.45) is 0 Å². The summed E-state index contributed by atoms with van der Waals surface area (Å²) >= 11 is 1.57. The molecule has 0 aliphatic carbocycles. The summed E-state index contributed by atoms with van der Waals surface area (Å²) in [6.45, 7) is 4.19. The molecule has 0 saturated carbocycles. The van der Waals surface area contributed by atoms with E-state index in [-0.39, 0.29) is 0 Å². The molecule has 0 saturated heterocycles. The highest BCUT2D eigenvalue weighted by atomic mass is 32.2. The first-order chi connectivity index (χ1) is 8.16. The second-order valence-corrected chi connectivity index (χ2v) is 5.08. The van der Waals surface area contributed by atoms with Crippen molar-refractivity contribution in [1.29, 1.82) is 0 Å². The van der Waals surface area contributed by atoms with E-state index in [9.17, 15) is 5.21 Å². The fourth-order valence-electron chi connectivity index (χ4n) is 1.63. The van der Waals surface area contributed by atoms with Gasteiger partial charge >= 0.3 is 0 Å². The first kappa shape index (κ1) is 12.0. The highest BCUT2D eigenvalue weighted by molar-refractivity contribution is 7.98. The summed E-state index contributed by atoms with van der Waals surface area (Å²) in [5, 5.41) is 12.2. The summed E-state index contributed by atoms with van der Waals surface area (Å²) in [4.78, 5) is 0. The van der Waals surface area contributed by atoms with Crippen molar-refractivity contribution in [3.8, 4) is 0 Å². The van der Waals surface area contributed by atoms with Crippen LogP contribution < -0.4 is 4.73 Å². The fraction of sp³-hybridized carbons (Fsp3) is 0.214. The maximum atomic E-state index is 11.5. The van der Waals surface area contributed by atoms with Crippen LogP contribution in [0.1, 0.15) is 16.7 Å². The molecule has 0 N–H and O–H groups in total. The molecule has 0 spiro atoms. The molecular formula is C14H15NOS. The van der Waals surface area contributed by atoms with Gasteiger partial charge in [0.25, 0.3) is 5.03 Å². The number of rotatable bonds is 3. The predicted molar refractivity (Wildman–Crippen MR) is 70.9 cm³/mol. The van der Waals surface area contributed by atoms with Gasteiger partial charge in [-0.3, -0.25) is 0 Å². The molecule has 0 bridgehead atoms. The van der Waals surface area contributed by atoms with E-state index in [1.54, 1.807) is 17.8 Å². The topological polar surface area (TPSA) is 26.9 Å². The largest absolute Gasteiger partial charge is 0.618 e. The minimum Gasteiger partial charge on any atom is -0.618 e. The summed E-state index contributed by atoms with van der Waals surface area (Å²) < 4.78 is 0.912. The normalized spacial score (nSPS) is 10.5. The molecule has 1 aromatic carbocycles. The Labute approximate surface area is 106 Å². The minimum absolute atomic E-state index is 0.744. The van der Waals surface area contributed by atoms with Crippen LogP contribution in [0.25, 0.3) is 0 Å². The lowest BCUT2D eigenvalue weighted by Gasteiger charge is -2.07. The molecule has 0 atom stereocenters. The van der Waals surface area contributed by atoms with Gasteiger partial charge in [0.1, 0.15) is 0 Å². The first-order valence-corrected chi connectivity index (χ1v) is 6.52. The zero-order chi connectivity index (χ0) is 12.3. The number of hydrogen-bond donors (Lipinski definition) is 0. The van der Waals surface area contributed by atoms with Gasteiger partial charge in [-0.2, -0.15) is 4.73 Å². The van der Waals surface area contributed by atoms with Crippen LogP contribution in [0.2, 0.25) is 0 Å². The van der Waals surface area contributed by atoms with E-state index in [2.05, 4.69) is 32.0 Å². The van der Waals surface area contributed by atoms with Crippen LogP contribution in [0.15, 0.2) is 47.6 Å². The predicted octanol–water partition coefficient (Wildman–Crippen LogP) is 3.23. The molecule has 0 amide bonds. The van der Waals surface area contributed by atoms with Gasteiger partial charge in [-0.1, -0.05) is 35.5 Å². The van der Waals surface area contributed by atoms with Gasteiger partial charge in [-0.25, -0.2) is 0 Å². The molecule has 2 rings (SSSR count). The number of nitrogens with zero attached hydrogens (tertiary/aromatic N) is 1. The number of hydrogen-bond acceptors (Lipinski definition) is 2. The quantitative estimate of drug-likeness (QED) is 0.471. The molecule has 0 unspecified atom stereocenters. The maximum Gasteiger partial charge on any atom is 0.251 e. The van der Waals surface area contributed by atoms with Crippen molar-refractivity contribution in [2.45, 2.75) is 24.6 Å². The van der Waals surface area contributed by atoms with E-state index in [4.69, 9.17) is 0 Å². The van der Waals surface area contributed by atoms with Crippen LogP contribution >= 0.6 is 11.8 Å².